The van der Waals surface area contributed by atoms with Gasteiger partial charge in [-0.25, -0.2) is 4.79 Å². The fraction of sp³-hybridized carbons (Fsp3) is 0.250. The maximum atomic E-state index is 12.3. The number of carbonyl (C=O) groups excluding carboxylic acids is 1. The van der Waals surface area contributed by atoms with E-state index in [1.165, 1.54) is 0 Å². The number of aromatic nitrogens is 1. The molecule has 0 aliphatic heterocycles. The van der Waals surface area contributed by atoms with Crippen LogP contribution >= 0.6 is 0 Å². The minimum absolute atomic E-state index is 0.387. The minimum Gasteiger partial charge on any atom is -0.479 e. The van der Waals surface area contributed by atoms with E-state index in [0.29, 0.717) is 11.1 Å². The predicted molar refractivity (Wildman–Crippen MR) is 79.2 cm³/mol. The van der Waals surface area contributed by atoms with E-state index in [0.717, 1.165) is 11.3 Å². The monoisotopic (exact) mass is 286 g/mol. The molecule has 1 atom stereocenters. The van der Waals surface area contributed by atoms with Crippen LogP contribution in [0.2, 0.25) is 0 Å². The molecule has 0 spiro atoms. The molecule has 21 heavy (non-hydrogen) atoms. The molecule has 5 nitrogen and oxygen atoms in total. The first-order chi connectivity index (χ1) is 9.90. The van der Waals surface area contributed by atoms with Gasteiger partial charge < -0.3 is 15.0 Å². The first kappa shape index (κ1) is 14.8. The molecule has 0 saturated heterocycles. The van der Waals surface area contributed by atoms with Crippen molar-refractivity contribution in [1.82, 2.24) is 9.88 Å². The van der Waals surface area contributed by atoms with Crippen LogP contribution in [0.5, 0.6) is 0 Å². The molecule has 0 bridgehead atoms. The highest BCUT2D eigenvalue weighted by Crippen LogP contribution is 2.17. The molecule has 2 rings (SSSR count). The zero-order valence-electron chi connectivity index (χ0n) is 12.3. The number of hydrogen-bond acceptors (Lipinski definition) is 2. The lowest BCUT2D eigenvalue weighted by Crippen LogP contribution is -2.34. The van der Waals surface area contributed by atoms with Crippen LogP contribution in [0, 0.1) is 13.8 Å². The minimum atomic E-state index is -1.08. The number of nitrogens with one attached hydrogen (secondary N) is 1. The van der Waals surface area contributed by atoms with Gasteiger partial charge in [-0.1, -0.05) is 29.8 Å². The summed E-state index contributed by atoms with van der Waals surface area (Å²) in [6.45, 7) is 3.70. The molecule has 0 aliphatic rings. The summed E-state index contributed by atoms with van der Waals surface area (Å²) >= 11 is 0. The molecule has 1 heterocycles. The number of hydrogen-bond donors (Lipinski definition) is 2. The fourth-order valence-corrected chi connectivity index (χ4v) is 2.19. The van der Waals surface area contributed by atoms with Gasteiger partial charge in [0.05, 0.1) is 5.56 Å². The van der Waals surface area contributed by atoms with Gasteiger partial charge in [0.2, 0.25) is 0 Å². The van der Waals surface area contributed by atoms with Crippen LogP contribution in [-0.2, 0) is 11.8 Å². The van der Waals surface area contributed by atoms with Crippen LogP contribution in [-0.4, -0.2) is 21.6 Å². The zero-order valence-corrected chi connectivity index (χ0v) is 12.3. The zero-order chi connectivity index (χ0) is 15.6. The van der Waals surface area contributed by atoms with Crippen LogP contribution in [0.3, 0.4) is 0 Å². The molecule has 110 valence electrons. The van der Waals surface area contributed by atoms with E-state index in [-0.39, 0.29) is 5.91 Å². The van der Waals surface area contributed by atoms with Crippen molar-refractivity contribution in [3.8, 4) is 0 Å². The number of aliphatic carboxylic acids is 1. The van der Waals surface area contributed by atoms with E-state index < -0.39 is 12.0 Å². The normalized spacial score (nSPS) is 12.0. The number of carboxylic acid groups (broad SMARTS) is 1. The lowest BCUT2D eigenvalue weighted by molar-refractivity contribution is -0.139. The van der Waals surface area contributed by atoms with Crippen molar-refractivity contribution in [2.45, 2.75) is 19.9 Å². The number of carbonyl (C=O) groups is 2. The fourth-order valence-electron chi connectivity index (χ4n) is 2.19. The van der Waals surface area contributed by atoms with E-state index in [4.69, 9.17) is 0 Å². The molecule has 2 N–H and O–H groups in total. The van der Waals surface area contributed by atoms with Gasteiger partial charge in [0.15, 0.2) is 6.04 Å². The Kier molecular flexibility index (Phi) is 4.12. The van der Waals surface area contributed by atoms with Gasteiger partial charge in [-0.15, -0.1) is 0 Å². The number of amides is 1. The summed E-state index contributed by atoms with van der Waals surface area (Å²) in [5.74, 6) is -1.47. The van der Waals surface area contributed by atoms with E-state index in [1.54, 1.807) is 30.5 Å². The quantitative estimate of drug-likeness (QED) is 0.905. The first-order valence-electron chi connectivity index (χ1n) is 6.62. The second-order valence-electron chi connectivity index (χ2n) is 5.08. The first-order valence-corrected chi connectivity index (χ1v) is 6.62. The van der Waals surface area contributed by atoms with Crippen molar-refractivity contribution in [3.05, 3.63) is 58.9 Å². The van der Waals surface area contributed by atoms with Gasteiger partial charge in [-0.05, 0) is 25.5 Å². The lowest BCUT2D eigenvalue weighted by atomic mass is 10.0. The Morgan fingerprint density at radius 3 is 2.48 bits per heavy atom. The van der Waals surface area contributed by atoms with Crippen LogP contribution < -0.4 is 5.32 Å². The summed E-state index contributed by atoms with van der Waals surface area (Å²) in [7, 11) is 1.83. The molecule has 0 saturated carbocycles. The molecule has 5 heteroatoms. The molecule has 0 fully saturated rings. The van der Waals surface area contributed by atoms with Crippen LogP contribution in [0.4, 0.5) is 0 Å². The van der Waals surface area contributed by atoms with Gasteiger partial charge in [0.1, 0.15) is 0 Å². The molecule has 1 amide bonds. The Bertz CT molecular complexity index is 689. The van der Waals surface area contributed by atoms with Gasteiger partial charge in [0.25, 0.3) is 5.91 Å². The van der Waals surface area contributed by atoms with Crippen molar-refractivity contribution < 1.29 is 14.7 Å². The van der Waals surface area contributed by atoms with Gasteiger partial charge in [-0.2, -0.15) is 0 Å². The third kappa shape index (κ3) is 3.13. The van der Waals surface area contributed by atoms with Crippen molar-refractivity contribution in [2.75, 3.05) is 0 Å². The van der Waals surface area contributed by atoms with Crippen molar-refractivity contribution in [2.24, 2.45) is 7.05 Å². The van der Waals surface area contributed by atoms with E-state index in [1.807, 2.05) is 31.5 Å². The topological polar surface area (TPSA) is 71.3 Å². The van der Waals surface area contributed by atoms with E-state index in [2.05, 4.69) is 5.32 Å². The van der Waals surface area contributed by atoms with Crippen LogP contribution in [0.1, 0.15) is 33.2 Å². The highest BCUT2D eigenvalue weighted by molar-refractivity contribution is 5.97. The number of carboxylic acids is 1. The summed E-state index contributed by atoms with van der Waals surface area (Å²) < 4.78 is 1.82. The Hall–Kier alpha value is -2.56. The largest absolute Gasteiger partial charge is 0.479 e. The summed E-state index contributed by atoms with van der Waals surface area (Å²) in [5.41, 5.74) is 2.78. The summed E-state index contributed by atoms with van der Waals surface area (Å²) in [5, 5.41) is 11.9. The smallest absolute Gasteiger partial charge is 0.330 e. The SMILES string of the molecule is Cc1cccc([C@H](NC(=O)c2ccn(C)c2C)C(=O)O)c1. The highest BCUT2D eigenvalue weighted by Gasteiger charge is 2.23. The third-order valence-electron chi connectivity index (χ3n) is 3.53. The molecule has 0 radical (unpaired) electrons. The molecule has 0 unspecified atom stereocenters. The summed E-state index contributed by atoms with van der Waals surface area (Å²) in [4.78, 5) is 23.7. The Morgan fingerprint density at radius 2 is 1.95 bits per heavy atom. The molecule has 0 aliphatic carbocycles. The Morgan fingerprint density at radius 1 is 1.24 bits per heavy atom. The lowest BCUT2D eigenvalue weighted by Gasteiger charge is -2.15. The average Bonchev–Trinajstić information content (AvgIpc) is 2.76. The van der Waals surface area contributed by atoms with Gasteiger partial charge in [0, 0.05) is 18.9 Å². The molecule has 1 aromatic carbocycles. The number of benzene rings is 1. The molecule has 2 aromatic rings. The maximum Gasteiger partial charge on any atom is 0.330 e. The van der Waals surface area contributed by atoms with E-state index in [9.17, 15) is 14.7 Å². The van der Waals surface area contributed by atoms with E-state index >= 15 is 0 Å². The molecular formula is C16H18N2O3. The number of aryl methyl sites for hydroxylation is 2. The van der Waals surface area contributed by atoms with Gasteiger partial charge >= 0.3 is 5.97 Å². The van der Waals surface area contributed by atoms with Gasteiger partial charge in [-0.3, -0.25) is 4.79 Å². The molecular weight excluding hydrogens is 268 g/mol. The third-order valence-corrected chi connectivity index (χ3v) is 3.53. The highest BCUT2D eigenvalue weighted by atomic mass is 16.4. The standard InChI is InChI=1S/C16H18N2O3/c1-10-5-4-6-12(9-10)14(16(20)21)17-15(19)13-7-8-18(3)11(13)2/h4-9,14H,1-3H3,(H,17,19)(H,20,21)/t14-/m0/s1. The van der Waals surface area contributed by atoms with Crippen molar-refractivity contribution in [3.63, 3.8) is 0 Å². The van der Waals surface area contributed by atoms with Crippen LogP contribution in [0.15, 0.2) is 36.5 Å². The second-order valence-corrected chi connectivity index (χ2v) is 5.08. The summed E-state index contributed by atoms with van der Waals surface area (Å²) in [6, 6.07) is 7.74. The Balaban J connectivity index is 2.27. The average molecular weight is 286 g/mol. The maximum absolute atomic E-state index is 12.3. The van der Waals surface area contributed by atoms with Crippen molar-refractivity contribution >= 4 is 11.9 Å². The number of rotatable bonds is 4. The number of nitrogens with zero attached hydrogens (tertiary/aromatic N) is 1. The second kappa shape index (κ2) is 5.83. The molecule has 1 aromatic heterocycles. The van der Waals surface area contributed by atoms with Crippen LogP contribution in [0.25, 0.3) is 0 Å². The van der Waals surface area contributed by atoms with Crippen molar-refractivity contribution in [1.29, 1.82) is 0 Å². The Labute approximate surface area is 123 Å². The predicted octanol–water partition coefficient (Wildman–Crippen LogP) is 2.20. The summed E-state index contributed by atoms with van der Waals surface area (Å²) in [6.07, 6.45) is 1.77.